The topological polar surface area (TPSA) is 95.7 Å². The molecule has 7 nitrogen and oxygen atoms in total. The van der Waals surface area contributed by atoms with E-state index in [4.69, 9.17) is 9.47 Å². The Morgan fingerprint density at radius 3 is 2.29 bits per heavy atom. The van der Waals surface area contributed by atoms with E-state index < -0.39 is 16.7 Å². The van der Waals surface area contributed by atoms with Gasteiger partial charge in [0.25, 0.3) is 5.69 Å². The van der Waals surface area contributed by atoms with Crippen LogP contribution in [0.5, 0.6) is 11.5 Å². The van der Waals surface area contributed by atoms with Crippen LogP contribution < -0.4 is 9.47 Å². The van der Waals surface area contributed by atoms with E-state index in [2.05, 4.69) is 0 Å². The minimum atomic E-state index is -0.792. The molecule has 8 heteroatoms. The number of carbonyl (C=O) groups is 2. The van der Waals surface area contributed by atoms with Crippen molar-refractivity contribution in [1.82, 2.24) is 0 Å². The van der Waals surface area contributed by atoms with Crippen molar-refractivity contribution in [2.75, 3.05) is 7.11 Å². The van der Waals surface area contributed by atoms with Crippen molar-refractivity contribution >= 4 is 23.5 Å². The first kappa shape index (κ1) is 21.4. The molecule has 0 atom stereocenters. The Hall–Kier alpha value is -4.33. The van der Waals surface area contributed by atoms with Crippen LogP contribution in [0.3, 0.4) is 0 Å². The number of methoxy groups -OCH3 is 1. The van der Waals surface area contributed by atoms with Crippen LogP contribution in [0.1, 0.15) is 26.3 Å². The summed E-state index contributed by atoms with van der Waals surface area (Å²) in [6.07, 6.45) is 2.78. The maximum Gasteiger partial charge on any atom is 0.343 e. The first-order valence-corrected chi connectivity index (χ1v) is 9.00. The second-order valence-electron chi connectivity index (χ2n) is 6.30. The van der Waals surface area contributed by atoms with Gasteiger partial charge in [0.1, 0.15) is 17.3 Å². The quantitative estimate of drug-likeness (QED) is 0.135. The highest BCUT2D eigenvalue weighted by atomic mass is 19.1. The summed E-state index contributed by atoms with van der Waals surface area (Å²) in [6, 6.07) is 14.8. The van der Waals surface area contributed by atoms with Gasteiger partial charge in [-0.1, -0.05) is 18.2 Å². The Kier molecular flexibility index (Phi) is 6.51. The van der Waals surface area contributed by atoms with Crippen LogP contribution in [0.4, 0.5) is 10.1 Å². The van der Waals surface area contributed by atoms with Crippen LogP contribution in [-0.2, 0) is 0 Å². The van der Waals surface area contributed by atoms with Crippen molar-refractivity contribution in [2.24, 2.45) is 0 Å². The van der Waals surface area contributed by atoms with E-state index in [1.54, 1.807) is 6.07 Å². The van der Waals surface area contributed by atoms with Crippen LogP contribution >= 0.6 is 0 Å². The number of nitro benzene ring substituents is 1. The van der Waals surface area contributed by atoms with E-state index in [9.17, 15) is 24.1 Å². The molecule has 31 heavy (non-hydrogen) atoms. The van der Waals surface area contributed by atoms with E-state index in [0.717, 1.165) is 0 Å². The second kappa shape index (κ2) is 9.45. The summed E-state index contributed by atoms with van der Waals surface area (Å²) in [4.78, 5) is 35.3. The minimum Gasteiger partial charge on any atom is -0.497 e. The molecule has 0 saturated carbocycles. The lowest BCUT2D eigenvalue weighted by Crippen LogP contribution is -2.11. The number of hydrogen-bond donors (Lipinski definition) is 0. The zero-order valence-corrected chi connectivity index (χ0v) is 16.3. The Balaban J connectivity index is 1.85. The van der Waals surface area contributed by atoms with Crippen molar-refractivity contribution in [3.8, 4) is 11.5 Å². The van der Waals surface area contributed by atoms with E-state index in [1.807, 2.05) is 0 Å². The van der Waals surface area contributed by atoms with Crippen LogP contribution in [-0.4, -0.2) is 23.8 Å². The largest absolute Gasteiger partial charge is 0.497 e. The predicted octanol–water partition coefficient (Wildman–Crippen LogP) is 4.86. The highest BCUT2D eigenvalue weighted by Crippen LogP contribution is 2.27. The van der Waals surface area contributed by atoms with Gasteiger partial charge in [0.15, 0.2) is 5.78 Å². The molecule has 0 aliphatic heterocycles. The third-order valence-corrected chi connectivity index (χ3v) is 4.27. The number of carbonyl (C=O) groups excluding carboxylic acids is 2. The average Bonchev–Trinajstić information content (AvgIpc) is 2.78. The molecule has 0 heterocycles. The van der Waals surface area contributed by atoms with Gasteiger partial charge in [0, 0.05) is 18.2 Å². The first-order valence-electron chi connectivity index (χ1n) is 9.00. The number of ketones is 1. The molecule has 0 aliphatic rings. The Bertz CT molecular complexity index is 1150. The molecular weight excluding hydrogens is 405 g/mol. The maximum absolute atomic E-state index is 13.0. The van der Waals surface area contributed by atoms with E-state index in [-0.39, 0.29) is 28.4 Å². The molecule has 0 spiro atoms. The molecule has 0 aromatic heterocycles. The Morgan fingerprint density at radius 1 is 1.00 bits per heavy atom. The number of nitro groups is 1. The number of non-ortho nitro benzene ring substituents is 1. The lowest BCUT2D eigenvalue weighted by atomic mass is 10.1. The number of ether oxygens (including phenoxy) is 2. The minimum absolute atomic E-state index is 0.0311. The summed E-state index contributed by atoms with van der Waals surface area (Å²) >= 11 is 0. The smallest absolute Gasteiger partial charge is 0.343 e. The summed E-state index contributed by atoms with van der Waals surface area (Å²) in [5, 5.41) is 10.8. The van der Waals surface area contributed by atoms with Crippen LogP contribution in [0.15, 0.2) is 72.8 Å². The summed E-state index contributed by atoms with van der Waals surface area (Å²) in [6.45, 7) is 0. The van der Waals surface area contributed by atoms with Gasteiger partial charge in [0.05, 0.1) is 23.2 Å². The van der Waals surface area contributed by atoms with Gasteiger partial charge < -0.3 is 9.47 Å². The molecule has 0 N–H and O–H groups in total. The zero-order valence-electron chi connectivity index (χ0n) is 16.3. The number of halogens is 1. The fourth-order valence-electron chi connectivity index (χ4n) is 2.63. The van der Waals surface area contributed by atoms with Crippen molar-refractivity contribution in [1.29, 1.82) is 0 Å². The lowest BCUT2D eigenvalue weighted by Gasteiger charge is -2.10. The van der Waals surface area contributed by atoms with Gasteiger partial charge in [-0.2, -0.15) is 0 Å². The normalized spacial score (nSPS) is 10.6. The molecule has 3 rings (SSSR count). The number of benzene rings is 3. The number of allylic oxidation sites excluding steroid dienone is 1. The van der Waals surface area contributed by atoms with Crippen molar-refractivity contribution in [2.45, 2.75) is 0 Å². The van der Waals surface area contributed by atoms with Gasteiger partial charge in [-0.05, 0) is 48.0 Å². The van der Waals surface area contributed by atoms with Crippen LogP contribution in [0.2, 0.25) is 0 Å². The number of esters is 1. The molecule has 156 valence electrons. The van der Waals surface area contributed by atoms with E-state index >= 15 is 0 Å². The number of nitrogens with zero attached hydrogens (tertiary/aromatic N) is 1. The van der Waals surface area contributed by atoms with Crippen LogP contribution in [0, 0.1) is 15.9 Å². The lowest BCUT2D eigenvalue weighted by molar-refractivity contribution is -0.384. The Labute approximate surface area is 176 Å². The summed E-state index contributed by atoms with van der Waals surface area (Å²) in [7, 11) is 1.42. The molecule has 3 aromatic rings. The molecule has 0 saturated heterocycles. The molecule has 0 radical (unpaired) electrons. The SMILES string of the molecule is COc1ccc(C(=O)/C=C/c2ccc(F)cc2)c(OC(=O)c2ccc([N+](=O)[O-])cc2)c1. The first-order chi connectivity index (χ1) is 14.9. The molecule has 0 aliphatic carbocycles. The molecule has 0 bridgehead atoms. The second-order valence-corrected chi connectivity index (χ2v) is 6.30. The summed E-state index contributed by atoms with van der Waals surface area (Å²) in [5.41, 5.74) is 0.635. The average molecular weight is 421 g/mol. The van der Waals surface area contributed by atoms with Gasteiger partial charge in [-0.3, -0.25) is 14.9 Å². The highest BCUT2D eigenvalue weighted by molar-refractivity contribution is 6.09. The molecule has 0 fully saturated rings. The van der Waals surface area contributed by atoms with Crippen molar-refractivity contribution in [3.05, 3.63) is 105 Å². The highest BCUT2D eigenvalue weighted by Gasteiger charge is 2.17. The Morgan fingerprint density at radius 2 is 1.68 bits per heavy atom. The monoisotopic (exact) mass is 421 g/mol. The zero-order chi connectivity index (χ0) is 22.4. The van der Waals surface area contributed by atoms with Crippen molar-refractivity contribution < 1.29 is 28.4 Å². The third kappa shape index (κ3) is 5.39. The molecule has 3 aromatic carbocycles. The van der Waals surface area contributed by atoms with Gasteiger partial charge in [-0.25, -0.2) is 9.18 Å². The predicted molar refractivity (Wildman–Crippen MR) is 111 cm³/mol. The number of rotatable bonds is 7. The summed E-state index contributed by atoms with van der Waals surface area (Å²) in [5.74, 6) is -1.29. The fourth-order valence-corrected chi connectivity index (χ4v) is 2.63. The maximum atomic E-state index is 13.0. The third-order valence-electron chi connectivity index (χ3n) is 4.27. The molecular formula is C23H16FNO6. The van der Waals surface area contributed by atoms with E-state index in [1.165, 1.54) is 79.9 Å². The molecule has 0 amide bonds. The van der Waals surface area contributed by atoms with Gasteiger partial charge >= 0.3 is 5.97 Å². The summed E-state index contributed by atoms with van der Waals surface area (Å²) < 4.78 is 23.5. The number of hydrogen-bond acceptors (Lipinski definition) is 6. The fraction of sp³-hybridized carbons (Fsp3) is 0.0435. The van der Waals surface area contributed by atoms with Gasteiger partial charge in [0.2, 0.25) is 0 Å². The van der Waals surface area contributed by atoms with Gasteiger partial charge in [-0.15, -0.1) is 0 Å². The van der Waals surface area contributed by atoms with Crippen molar-refractivity contribution in [3.63, 3.8) is 0 Å². The standard InChI is InChI=1S/C23H16FNO6/c1-30-19-11-12-20(21(26)13-4-15-2-7-17(24)8-3-15)22(14-19)31-23(27)16-5-9-18(10-6-16)25(28)29/h2-14H,1H3/b13-4+. The van der Waals surface area contributed by atoms with Crippen LogP contribution in [0.25, 0.3) is 6.08 Å². The van der Waals surface area contributed by atoms with E-state index in [0.29, 0.717) is 11.3 Å². The molecule has 0 unspecified atom stereocenters.